The van der Waals surface area contributed by atoms with Crippen LogP contribution in [0.15, 0.2) is 48.5 Å². The van der Waals surface area contributed by atoms with Gasteiger partial charge in [0.2, 0.25) is 0 Å². The first-order valence-corrected chi connectivity index (χ1v) is 12.5. The van der Waals surface area contributed by atoms with Crippen molar-refractivity contribution in [3.8, 4) is 5.69 Å². The minimum Gasteiger partial charge on any atom is -0.378 e. The Balaban J connectivity index is 1.32. The molecule has 1 N–H and O–H groups in total. The molecule has 2 aromatic carbocycles. The fraction of sp³-hybridized carbons (Fsp3) is 0.407. The van der Waals surface area contributed by atoms with Gasteiger partial charge in [0.1, 0.15) is 0 Å². The van der Waals surface area contributed by atoms with E-state index in [-0.39, 0.29) is 5.91 Å². The standard InChI is InChI=1S/C27H31N5O3/c33-27(26-22-7-4-8-24(22)32(29-26)20-5-2-1-3-6-20)28-23-10-9-21(30-11-15-34-16-12-30)19-25(23)31-13-17-35-18-14-31/h1-3,5-6,9-10,19H,4,7-8,11-18H2,(H,28,33). The molecule has 0 atom stereocenters. The highest BCUT2D eigenvalue weighted by Gasteiger charge is 2.28. The number of carbonyl (C=O) groups excluding carboxylic acids is 1. The predicted molar refractivity (Wildman–Crippen MR) is 136 cm³/mol. The molecular weight excluding hydrogens is 442 g/mol. The molecular formula is C27H31N5O3. The zero-order valence-electron chi connectivity index (χ0n) is 19.9. The van der Waals surface area contributed by atoms with Crippen LogP contribution in [0.25, 0.3) is 5.69 Å². The molecule has 3 aliphatic rings. The van der Waals surface area contributed by atoms with Gasteiger partial charge in [-0.05, 0) is 49.6 Å². The third-order valence-electron chi connectivity index (χ3n) is 7.10. The number of fused-ring (bicyclic) bond motifs is 1. The molecule has 2 saturated heterocycles. The van der Waals surface area contributed by atoms with Crippen molar-refractivity contribution in [1.29, 1.82) is 0 Å². The van der Waals surface area contributed by atoms with Gasteiger partial charge in [-0.2, -0.15) is 5.10 Å². The lowest BCUT2D eigenvalue weighted by molar-refractivity contribution is 0.102. The van der Waals surface area contributed by atoms with Gasteiger partial charge >= 0.3 is 0 Å². The van der Waals surface area contributed by atoms with Gasteiger partial charge in [0.25, 0.3) is 5.91 Å². The van der Waals surface area contributed by atoms with Crippen molar-refractivity contribution in [3.63, 3.8) is 0 Å². The van der Waals surface area contributed by atoms with Crippen molar-refractivity contribution in [1.82, 2.24) is 9.78 Å². The van der Waals surface area contributed by atoms with Gasteiger partial charge in [0, 0.05) is 43.1 Å². The summed E-state index contributed by atoms with van der Waals surface area (Å²) in [6, 6.07) is 16.4. The third-order valence-corrected chi connectivity index (χ3v) is 7.10. The maximum absolute atomic E-state index is 13.6. The number of anilines is 3. The Bertz CT molecular complexity index is 1200. The minimum absolute atomic E-state index is 0.147. The number of nitrogens with zero attached hydrogens (tertiary/aromatic N) is 4. The Kier molecular flexibility index (Phi) is 6.14. The second-order valence-corrected chi connectivity index (χ2v) is 9.23. The SMILES string of the molecule is O=C(Nc1ccc(N2CCOCC2)cc1N1CCOCC1)c1nn(-c2ccccc2)c2c1CCC2. The first-order valence-electron chi connectivity index (χ1n) is 12.5. The zero-order chi connectivity index (χ0) is 23.6. The van der Waals surface area contributed by atoms with Crippen LogP contribution in [0.3, 0.4) is 0 Å². The van der Waals surface area contributed by atoms with E-state index < -0.39 is 0 Å². The molecule has 2 aliphatic heterocycles. The van der Waals surface area contributed by atoms with Crippen LogP contribution in [0.1, 0.15) is 28.2 Å². The molecule has 0 unspecified atom stereocenters. The van der Waals surface area contributed by atoms with Gasteiger partial charge < -0.3 is 24.6 Å². The molecule has 35 heavy (non-hydrogen) atoms. The minimum atomic E-state index is -0.147. The van der Waals surface area contributed by atoms with Crippen molar-refractivity contribution in [2.24, 2.45) is 0 Å². The van der Waals surface area contributed by atoms with Crippen molar-refractivity contribution in [2.75, 3.05) is 67.7 Å². The first kappa shape index (κ1) is 22.1. The van der Waals surface area contributed by atoms with E-state index in [9.17, 15) is 4.79 Å². The lowest BCUT2D eigenvalue weighted by Crippen LogP contribution is -2.38. The number of amides is 1. The van der Waals surface area contributed by atoms with E-state index in [0.717, 1.165) is 92.7 Å². The zero-order valence-corrected chi connectivity index (χ0v) is 19.9. The van der Waals surface area contributed by atoms with Crippen molar-refractivity contribution < 1.29 is 14.3 Å². The summed E-state index contributed by atoms with van der Waals surface area (Å²) in [7, 11) is 0. The average molecular weight is 474 g/mol. The second-order valence-electron chi connectivity index (χ2n) is 9.23. The van der Waals surface area contributed by atoms with Crippen LogP contribution in [0, 0.1) is 0 Å². The molecule has 2 fully saturated rings. The van der Waals surface area contributed by atoms with Crippen LogP contribution < -0.4 is 15.1 Å². The monoisotopic (exact) mass is 473 g/mol. The molecule has 3 aromatic rings. The largest absolute Gasteiger partial charge is 0.378 e. The van der Waals surface area contributed by atoms with Crippen LogP contribution >= 0.6 is 0 Å². The predicted octanol–water partition coefficient (Wildman–Crippen LogP) is 3.29. The number of hydrogen-bond donors (Lipinski definition) is 1. The van der Waals surface area contributed by atoms with Crippen LogP contribution in [0.2, 0.25) is 0 Å². The summed E-state index contributed by atoms with van der Waals surface area (Å²) in [5, 5.41) is 7.99. The fourth-order valence-electron chi connectivity index (χ4n) is 5.29. The number of rotatable bonds is 5. The number of morpholine rings is 2. The number of carbonyl (C=O) groups is 1. The highest BCUT2D eigenvalue weighted by Crippen LogP contribution is 2.34. The summed E-state index contributed by atoms with van der Waals surface area (Å²) < 4.78 is 13.1. The normalized spacial score (nSPS) is 17.9. The smallest absolute Gasteiger partial charge is 0.276 e. The molecule has 1 aliphatic carbocycles. The Labute approximate surface area is 205 Å². The molecule has 0 spiro atoms. The van der Waals surface area contributed by atoms with Crippen LogP contribution in [0.4, 0.5) is 17.1 Å². The van der Waals surface area contributed by atoms with E-state index in [1.54, 1.807) is 0 Å². The average Bonchev–Trinajstić information content (AvgIpc) is 3.54. The van der Waals surface area contributed by atoms with Gasteiger partial charge in [-0.1, -0.05) is 18.2 Å². The lowest BCUT2D eigenvalue weighted by Gasteiger charge is -2.33. The summed E-state index contributed by atoms with van der Waals surface area (Å²) >= 11 is 0. The second kappa shape index (κ2) is 9.71. The third kappa shape index (κ3) is 4.39. The van der Waals surface area contributed by atoms with E-state index in [1.165, 1.54) is 0 Å². The van der Waals surface area contributed by atoms with E-state index in [0.29, 0.717) is 18.9 Å². The molecule has 8 nitrogen and oxygen atoms in total. The fourth-order valence-corrected chi connectivity index (χ4v) is 5.29. The topological polar surface area (TPSA) is 71.9 Å². The summed E-state index contributed by atoms with van der Waals surface area (Å²) in [6.07, 6.45) is 2.88. The number of benzene rings is 2. The van der Waals surface area contributed by atoms with Gasteiger partial charge in [-0.3, -0.25) is 4.79 Å². The van der Waals surface area contributed by atoms with E-state index in [2.05, 4.69) is 27.2 Å². The van der Waals surface area contributed by atoms with Gasteiger partial charge in [0.05, 0.1) is 43.5 Å². The molecule has 1 aromatic heterocycles. The Morgan fingerprint density at radius 2 is 1.54 bits per heavy atom. The Morgan fingerprint density at radius 3 is 2.29 bits per heavy atom. The summed E-state index contributed by atoms with van der Waals surface area (Å²) in [5.41, 5.74) is 6.75. The molecule has 1 amide bonds. The van der Waals surface area contributed by atoms with Crippen molar-refractivity contribution in [3.05, 3.63) is 65.5 Å². The maximum Gasteiger partial charge on any atom is 0.276 e. The van der Waals surface area contributed by atoms with Crippen LogP contribution in [-0.2, 0) is 22.3 Å². The van der Waals surface area contributed by atoms with Gasteiger partial charge in [0.15, 0.2) is 5.69 Å². The Morgan fingerprint density at radius 1 is 0.829 bits per heavy atom. The molecule has 6 rings (SSSR count). The Hall–Kier alpha value is -3.36. The number of ether oxygens (including phenoxy) is 2. The summed E-state index contributed by atoms with van der Waals surface area (Å²) in [5.74, 6) is -0.147. The van der Waals surface area contributed by atoms with Crippen molar-refractivity contribution in [2.45, 2.75) is 19.3 Å². The highest BCUT2D eigenvalue weighted by molar-refractivity contribution is 6.06. The first-order chi connectivity index (χ1) is 17.3. The molecule has 0 radical (unpaired) electrons. The summed E-state index contributed by atoms with van der Waals surface area (Å²) in [4.78, 5) is 18.2. The van der Waals surface area contributed by atoms with Crippen LogP contribution in [0.5, 0.6) is 0 Å². The maximum atomic E-state index is 13.6. The lowest BCUT2D eigenvalue weighted by atomic mass is 10.1. The van der Waals surface area contributed by atoms with E-state index in [4.69, 9.17) is 14.6 Å². The van der Waals surface area contributed by atoms with Gasteiger partial charge in [-0.25, -0.2) is 4.68 Å². The highest BCUT2D eigenvalue weighted by atomic mass is 16.5. The van der Waals surface area contributed by atoms with Crippen molar-refractivity contribution >= 4 is 23.0 Å². The van der Waals surface area contributed by atoms with E-state index >= 15 is 0 Å². The molecule has 8 heteroatoms. The number of hydrogen-bond acceptors (Lipinski definition) is 6. The molecule has 0 saturated carbocycles. The molecule has 3 heterocycles. The number of nitrogens with one attached hydrogen (secondary N) is 1. The number of para-hydroxylation sites is 1. The quantitative estimate of drug-likeness (QED) is 0.613. The molecule has 182 valence electrons. The summed E-state index contributed by atoms with van der Waals surface area (Å²) in [6.45, 7) is 6.19. The van der Waals surface area contributed by atoms with Gasteiger partial charge in [-0.15, -0.1) is 0 Å². The van der Waals surface area contributed by atoms with Crippen LogP contribution in [-0.4, -0.2) is 68.3 Å². The van der Waals surface area contributed by atoms with E-state index in [1.807, 2.05) is 41.1 Å². The number of aromatic nitrogens is 2. The molecule has 0 bridgehead atoms.